The normalized spacial score (nSPS) is 17.2. The SMILES string of the molecule is CC(C)Oc1cc(N)cc(N2CCN(S(C)(=O)=O)CC2)c1. The minimum atomic E-state index is -3.11. The highest BCUT2D eigenvalue weighted by molar-refractivity contribution is 7.88. The fourth-order valence-electron chi connectivity index (χ4n) is 2.41. The van der Waals surface area contributed by atoms with Crippen molar-refractivity contribution in [3.63, 3.8) is 0 Å². The maximum Gasteiger partial charge on any atom is 0.211 e. The summed E-state index contributed by atoms with van der Waals surface area (Å²) in [5, 5.41) is 0. The first-order valence-corrected chi connectivity index (χ1v) is 8.88. The van der Waals surface area contributed by atoms with Crippen molar-refractivity contribution in [1.29, 1.82) is 0 Å². The average Bonchev–Trinajstić information content (AvgIpc) is 2.36. The molecule has 7 heteroatoms. The molecule has 2 rings (SSSR count). The number of sulfonamides is 1. The Hall–Kier alpha value is -1.47. The summed E-state index contributed by atoms with van der Waals surface area (Å²) >= 11 is 0. The molecule has 1 aromatic carbocycles. The first-order chi connectivity index (χ1) is 9.75. The standard InChI is InChI=1S/C14H23N3O3S/c1-11(2)20-14-9-12(15)8-13(10-14)16-4-6-17(7-5-16)21(3,18)19/h8-11H,4-7,15H2,1-3H3. The molecule has 21 heavy (non-hydrogen) atoms. The third-order valence-corrected chi connectivity index (χ3v) is 4.66. The van der Waals surface area contributed by atoms with Crippen LogP contribution >= 0.6 is 0 Å². The molecular weight excluding hydrogens is 290 g/mol. The van der Waals surface area contributed by atoms with Gasteiger partial charge in [-0.15, -0.1) is 0 Å². The van der Waals surface area contributed by atoms with Crippen molar-refractivity contribution in [3.05, 3.63) is 18.2 Å². The summed E-state index contributed by atoms with van der Waals surface area (Å²) in [6.07, 6.45) is 1.33. The number of hydrogen-bond donors (Lipinski definition) is 1. The van der Waals surface area contributed by atoms with Crippen LogP contribution in [0.2, 0.25) is 0 Å². The van der Waals surface area contributed by atoms with E-state index in [2.05, 4.69) is 4.90 Å². The summed E-state index contributed by atoms with van der Waals surface area (Å²) in [6.45, 7) is 6.22. The van der Waals surface area contributed by atoms with Gasteiger partial charge in [-0.05, 0) is 19.9 Å². The lowest BCUT2D eigenvalue weighted by atomic mass is 10.2. The van der Waals surface area contributed by atoms with Gasteiger partial charge in [0, 0.05) is 49.7 Å². The van der Waals surface area contributed by atoms with Gasteiger partial charge in [-0.3, -0.25) is 0 Å². The number of rotatable bonds is 4. The second-order valence-corrected chi connectivity index (χ2v) is 7.56. The average molecular weight is 313 g/mol. The minimum absolute atomic E-state index is 0.0849. The molecule has 1 aliphatic heterocycles. The highest BCUT2D eigenvalue weighted by Crippen LogP contribution is 2.27. The van der Waals surface area contributed by atoms with Crippen molar-refractivity contribution in [2.24, 2.45) is 0 Å². The third kappa shape index (κ3) is 4.25. The van der Waals surface area contributed by atoms with E-state index in [9.17, 15) is 8.42 Å². The van der Waals surface area contributed by atoms with Crippen molar-refractivity contribution in [2.75, 3.05) is 43.1 Å². The lowest BCUT2D eigenvalue weighted by Crippen LogP contribution is -2.48. The number of nitrogens with zero attached hydrogens (tertiary/aromatic N) is 2. The van der Waals surface area contributed by atoms with Gasteiger partial charge < -0.3 is 15.4 Å². The zero-order valence-electron chi connectivity index (χ0n) is 12.7. The summed E-state index contributed by atoms with van der Waals surface area (Å²) in [7, 11) is -3.11. The quantitative estimate of drug-likeness (QED) is 0.844. The smallest absolute Gasteiger partial charge is 0.211 e. The molecule has 1 heterocycles. The summed E-state index contributed by atoms with van der Waals surface area (Å²) < 4.78 is 30.2. The van der Waals surface area contributed by atoms with Gasteiger partial charge in [-0.2, -0.15) is 4.31 Å². The molecule has 6 nitrogen and oxygen atoms in total. The van der Waals surface area contributed by atoms with Gasteiger partial charge in [-0.25, -0.2) is 8.42 Å². The van der Waals surface area contributed by atoms with Crippen LogP contribution in [-0.4, -0.2) is 51.3 Å². The van der Waals surface area contributed by atoms with Crippen LogP contribution in [0.4, 0.5) is 11.4 Å². The number of anilines is 2. The molecule has 1 aliphatic rings. The largest absolute Gasteiger partial charge is 0.491 e. The lowest BCUT2D eigenvalue weighted by molar-refractivity contribution is 0.242. The van der Waals surface area contributed by atoms with E-state index in [0.717, 1.165) is 11.4 Å². The molecule has 1 saturated heterocycles. The maximum atomic E-state index is 11.5. The van der Waals surface area contributed by atoms with Crippen LogP contribution in [0.15, 0.2) is 18.2 Å². The number of ether oxygens (including phenoxy) is 1. The summed E-state index contributed by atoms with van der Waals surface area (Å²) in [4.78, 5) is 2.13. The molecule has 0 atom stereocenters. The fourth-order valence-corrected chi connectivity index (χ4v) is 3.23. The van der Waals surface area contributed by atoms with E-state index in [-0.39, 0.29) is 6.10 Å². The Bertz CT molecular complexity index is 593. The van der Waals surface area contributed by atoms with Gasteiger partial charge in [0.05, 0.1) is 12.4 Å². The molecule has 0 saturated carbocycles. The Labute approximate surface area is 126 Å². The van der Waals surface area contributed by atoms with Crippen molar-refractivity contribution in [2.45, 2.75) is 20.0 Å². The zero-order chi connectivity index (χ0) is 15.6. The minimum Gasteiger partial charge on any atom is -0.491 e. The predicted octanol–water partition coefficient (Wildman–Crippen LogP) is 1.14. The molecular formula is C14H23N3O3S. The van der Waals surface area contributed by atoms with Gasteiger partial charge in [0.15, 0.2) is 0 Å². The zero-order valence-corrected chi connectivity index (χ0v) is 13.6. The van der Waals surface area contributed by atoms with Crippen molar-refractivity contribution in [3.8, 4) is 5.75 Å². The number of nitrogen functional groups attached to an aromatic ring is 1. The van der Waals surface area contributed by atoms with Gasteiger partial charge in [0.2, 0.25) is 10.0 Å². The summed E-state index contributed by atoms with van der Waals surface area (Å²) in [5.74, 6) is 0.741. The van der Waals surface area contributed by atoms with E-state index in [0.29, 0.717) is 31.9 Å². The second-order valence-electron chi connectivity index (χ2n) is 5.58. The van der Waals surface area contributed by atoms with Crippen LogP contribution < -0.4 is 15.4 Å². The maximum absolute atomic E-state index is 11.5. The summed E-state index contributed by atoms with van der Waals surface area (Å²) in [5.41, 5.74) is 7.54. The lowest BCUT2D eigenvalue weighted by Gasteiger charge is -2.35. The molecule has 118 valence electrons. The molecule has 2 N–H and O–H groups in total. The van der Waals surface area contributed by atoms with E-state index in [1.54, 1.807) is 6.07 Å². The Balaban J connectivity index is 2.11. The van der Waals surface area contributed by atoms with Crippen molar-refractivity contribution >= 4 is 21.4 Å². The Kier molecular flexibility index (Phi) is 4.63. The molecule has 0 spiro atoms. The number of piperazine rings is 1. The van der Waals surface area contributed by atoms with E-state index >= 15 is 0 Å². The van der Waals surface area contributed by atoms with E-state index in [4.69, 9.17) is 10.5 Å². The van der Waals surface area contributed by atoms with Crippen LogP contribution in [0.5, 0.6) is 5.75 Å². The molecule has 0 amide bonds. The Morgan fingerprint density at radius 1 is 1.14 bits per heavy atom. The summed E-state index contributed by atoms with van der Waals surface area (Å²) in [6, 6.07) is 5.64. The topological polar surface area (TPSA) is 75.9 Å². The van der Waals surface area contributed by atoms with Crippen LogP contribution in [-0.2, 0) is 10.0 Å². The Morgan fingerprint density at radius 3 is 2.29 bits per heavy atom. The van der Waals surface area contributed by atoms with Gasteiger partial charge >= 0.3 is 0 Å². The molecule has 0 aliphatic carbocycles. The van der Waals surface area contributed by atoms with Gasteiger partial charge in [-0.1, -0.05) is 0 Å². The third-order valence-electron chi connectivity index (χ3n) is 3.36. The van der Waals surface area contributed by atoms with E-state index in [1.165, 1.54) is 10.6 Å². The molecule has 0 unspecified atom stereocenters. The van der Waals surface area contributed by atoms with Crippen molar-refractivity contribution in [1.82, 2.24) is 4.31 Å². The number of hydrogen-bond acceptors (Lipinski definition) is 5. The molecule has 0 bridgehead atoms. The van der Waals surface area contributed by atoms with E-state index < -0.39 is 10.0 Å². The monoisotopic (exact) mass is 313 g/mol. The highest BCUT2D eigenvalue weighted by atomic mass is 32.2. The molecule has 0 radical (unpaired) electrons. The first kappa shape index (κ1) is 15.9. The second kappa shape index (κ2) is 6.11. The van der Waals surface area contributed by atoms with Crippen LogP contribution in [0.1, 0.15) is 13.8 Å². The first-order valence-electron chi connectivity index (χ1n) is 7.03. The number of nitrogens with two attached hydrogens (primary N) is 1. The molecule has 0 aromatic heterocycles. The van der Waals surface area contributed by atoms with Crippen LogP contribution in [0, 0.1) is 0 Å². The number of benzene rings is 1. The van der Waals surface area contributed by atoms with Crippen LogP contribution in [0.3, 0.4) is 0 Å². The van der Waals surface area contributed by atoms with Crippen molar-refractivity contribution < 1.29 is 13.2 Å². The van der Waals surface area contributed by atoms with Crippen LogP contribution in [0.25, 0.3) is 0 Å². The van der Waals surface area contributed by atoms with E-state index in [1.807, 2.05) is 26.0 Å². The highest BCUT2D eigenvalue weighted by Gasteiger charge is 2.23. The van der Waals surface area contributed by atoms with Gasteiger partial charge in [0.1, 0.15) is 5.75 Å². The molecule has 1 aromatic rings. The fraction of sp³-hybridized carbons (Fsp3) is 0.571. The molecule has 1 fully saturated rings. The Morgan fingerprint density at radius 2 is 1.76 bits per heavy atom. The predicted molar refractivity (Wildman–Crippen MR) is 85.2 cm³/mol. The van der Waals surface area contributed by atoms with Gasteiger partial charge in [0.25, 0.3) is 0 Å².